The molecule has 0 bridgehead atoms. The highest BCUT2D eigenvalue weighted by molar-refractivity contribution is 5.39. The molecule has 2 rings (SSSR count). The van der Waals surface area contributed by atoms with Gasteiger partial charge in [0, 0.05) is 26.7 Å². The lowest BCUT2D eigenvalue weighted by molar-refractivity contribution is 0.121. The number of nitrogens with zero attached hydrogens (tertiary/aromatic N) is 4. The largest absolute Gasteiger partial charge is 0.464 e. The van der Waals surface area contributed by atoms with Crippen LogP contribution in [0.5, 0.6) is 6.01 Å². The van der Waals surface area contributed by atoms with E-state index in [0.717, 1.165) is 32.5 Å². The van der Waals surface area contributed by atoms with Crippen molar-refractivity contribution in [3.63, 3.8) is 0 Å². The SMILES string of the molecule is CCCNc1nc(OCC)nc(N2CCC(OC)C2)n1. The van der Waals surface area contributed by atoms with Crippen LogP contribution >= 0.6 is 0 Å². The Bertz CT molecular complexity index is 429. The number of ether oxygens (including phenoxy) is 2. The number of anilines is 2. The molecule has 1 saturated heterocycles. The minimum Gasteiger partial charge on any atom is -0.464 e. The van der Waals surface area contributed by atoms with Crippen LogP contribution < -0.4 is 15.0 Å². The van der Waals surface area contributed by atoms with Crippen LogP contribution in [0.15, 0.2) is 0 Å². The fourth-order valence-corrected chi connectivity index (χ4v) is 2.10. The summed E-state index contributed by atoms with van der Waals surface area (Å²) < 4.78 is 10.8. The first-order chi connectivity index (χ1) is 9.76. The van der Waals surface area contributed by atoms with Crippen LogP contribution in [-0.2, 0) is 4.74 Å². The van der Waals surface area contributed by atoms with Crippen LogP contribution in [0.4, 0.5) is 11.9 Å². The highest BCUT2D eigenvalue weighted by Gasteiger charge is 2.25. The number of aromatic nitrogens is 3. The molecule has 0 spiro atoms. The van der Waals surface area contributed by atoms with E-state index in [0.29, 0.717) is 24.5 Å². The van der Waals surface area contributed by atoms with Crippen LogP contribution in [0.3, 0.4) is 0 Å². The number of hydrogen-bond acceptors (Lipinski definition) is 7. The van der Waals surface area contributed by atoms with Gasteiger partial charge >= 0.3 is 6.01 Å². The molecule has 1 aliphatic heterocycles. The normalized spacial score (nSPS) is 18.4. The molecule has 112 valence electrons. The third kappa shape index (κ3) is 3.69. The summed E-state index contributed by atoms with van der Waals surface area (Å²) in [7, 11) is 1.74. The molecule has 1 fully saturated rings. The first kappa shape index (κ1) is 14.8. The molecule has 0 aromatic carbocycles. The molecule has 1 aromatic heterocycles. The quantitative estimate of drug-likeness (QED) is 0.808. The van der Waals surface area contributed by atoms with Gasteiger partial charge in [0.1, 0.15) is 0 Å². The highest BCUT2D eigenvalue weighted by Crippen LogP contribution is 2.20. The third-order valence-corrected chi connectivity index (χ3v) is 3.17. The summed E-state index contributed by atoms with van der Waals surface area (Å²) in [4.78, 5) is 15.2. The standard InChI is InChI=1S/C13H23N5O2/c1-4-7-14-11-15-12(17-13(16-11)20-5-2)18-8-6-10(9-18)19-3/h10H,4-9H2,1-3H3,(H,14,15,16,17). The van der Waals surface area contributed by atoms with Gasteiger partial charge in [0.25, 0.3) is 0 Å². The molecule has 1 N–H and O–H groups in total. The minimum atomic E-state index is 0.245. The molecule has 0 aliphatic carbocycles. The number of rotatable bonds is 7. The summed E-state index contributed by atoms with van der Waals surface area (Å²) >= 11 is 0. The topological polar surface area (TPSA) is 72.4 Å². The van der Waals surface area contributed by atoms with Crippen molar-refractivity contribution in [2.24, 2.45) is 0 Å². The first-order valence-electron chi connectivity index (χ1n) is 7.17. The smallest absolute Gasteiger partial charge is 0.323 e. The maximum Gasteiger partial charge on any atom is 0.323 e. The van der Waals surface area contributed by atoms with E-state index in [1.54, 1.807) is 7.11 Å². The Balaban J connectivity index is 2.15. The molecule has 1 aliphatic rings. The maximum atomic E-state index is 5.42. The van der Waals surface area contributed by atoms with E-state index in [1.165, 1.54) is 0 Å². The summed E-state index contributed by atoms with van der Waals surface area (Å²) in [6.07, 6.45) is 2.25. The van der Waals surface area contributed by atoms with Gasteiger partial charge in [0.15, 0.2) is 0 Å². The summed E-state index contributed by atoms with van der Waals surface area (Å²) in [6, 6.07) is 0.372. The van der Waals surface area contributed by atoms with Gasteiger partial charge in [-0.25, -0.2) is 0 Å². The molecule has 20 heavy (non-hydrogen) atoms. The average molecular weight is 281 g/mol. The molecular formula is C13H23N5O2. The van der Waals surface area contributed by atoms with Gasteiger partial charge in [0.05, 0.1) is 12.7 Å². The van der Waals surface area contributed by atoms with Crippen molar-refractivity contribution >= 4 is 11.9 Å². The average Bonchev–Trinajstić information content (AvgIpc) is 2.94. The predicted molar refractivity (Wildman–Crippen MR) is 77.4 cm³/mol. The second-order valence-electron chi connectivity index (χ2n) is 4.69. The van der Waals surface area contributed by atoms with Crippen molar-refractivity contribution in [1.29, 1.82) is 0 Å². The van der Waals surface area contributed by atoms with Crippen LogP contribution in [0.25, 0.3) is 0 Å². The van der Waals surface area contributed by atoms with Gasteiger partial charge in [-0.1, -0.05) is 6.92 Å². The number of methoxy groups -OCH3 is 1. The van der Waals surface area contributed by atoms with Crippen molar-refractivity contribution in [3.8, 4) is 6.01 Å². The zero-order chi connectivity index (χ0) is 14.4. The van der Waals surface area contributed by atoms with E-state index >= 15 is 0 Å². The molecule has 1 atom stereocenters. The molecule has 7 nitrogen and oxygen atoms in total. The Morgan fingerprint density at radius 2 is 2.15 bits per heavy atom. The van der Waals surface area contributed by atoms with E-state index in [9.17, 15) is 0 Å². The zero-order valence-electron chi connectivity index (χ0n) is 12.4. The predicted octanol–water partition coefficient (Wildman–Crippen LogP) is 1.32. The van der Waals surface area contributed by atoms with Gasteiger partial charge in [-0.15, -0.1) is 0 Å². The summed E-state index contributed by atoms with van der Waals surface area (Å²) in [5.74, 6) is 1.22. The van der Waals surface area contributed by atoms with E-state index < -0.39 is 0 Å². The summed E-state index contributed by atoms with van der Waals surface area (Å²) in [6.45, 7) is 7.08. The van der Waals surface area contributed by atoms with Gasteiger partial charge in [-0.3, -0.25) is 0 Å². The second kappa shape index (κ2) is 7.23. The molecule has 1 aromatic rings. The third-order valence-electron chi connectivity index (χ3n) is 3.17. The van der Waals surface area contributed by atoms with Crippen LogP contribution in [0, 0.1) is 0 Å². The van der Waals surface area contributed by atoms with Crippen molar-refractivity contribution in [2.75, 3.05) is 43.6 Å². The lowest BCUT2D eigenvalue weighted by Crippen LogP contribution is -2.25. The van der Waals surface area contributed by atoms with Gasteiger partial charge in [0.2, 0.25) is 11.9 Å². The lowest BCUT2D eigenvalue weighted by atomic mass is 10.3. The van der Waals surface area contributed by atoms with Crippen LogP contribution in [0.1, 0.15) is 26.7 Å². The first-order valence-corrected chi connectivity index (χ1v) is 7.17. The monoisotopic (exact) mass is 281 g/mol. The Hall–Kier alpha value is -1.63. The molecule has 1 unspecified atom stereocenters. The molecule has 0 saturated carbocycles. The van der Waals surface area contributed by atoms with Crippen molar-refractivity contribution in [1.82, 2.24) is 15.0 Å². The highest BCUT2D eigenvalue weighted by atomic mass is 16.5. The number of hydrogen-bond donors (Lipinski definition) is 1. The Morgan fingerprint density at radius 1 is 1.30 bits per heavy atom. The molecule has 0 amide bonds. The van der Waals surface area contributed by atoms with Crippen LogP contribution in [-0.4, -0.2) is 54.4 Å². The Kier molecular flexibility index (Phi) is 5.34. The summed E-state index contributed by atoms with van der Waals surface area (Å²) in [5, 5.41) is 3.18. The molecule has 0 radical (unpaired) electrons. The van der Waals surface area contributed by atoms with Crippen molar-refractivity contribution < 1.29 is 9.47 Å². The number of nitrogens with one attached hydrogen (secondary N) is 1. The second-order valence-corrected chi connectivity index (χ2v) is 4.69. The maximum absolute atomic E-state index is 5.42. The van der Waals surface area contributed by atoms with Crippen molar-refractivity contribution in [2.45, 2.75) is 32.8 Å². The fraction of sp³-hybridized carbons (Fsp3) is 0.769. The van der Waals surface area contributed by atoms with E-state index in [4.69, 9.17) is 9.47 Å². The molecule has 2 heterocycles. The van der Waals surface area contributed by atoms with Gasteiger partial charge in [-0.05, 0) is 19.8 Å². The van der Waals surface area contributed by atoms with E-state index in [-0.39, 0.29) is 6.10 Å². The minimum absolute atomic E-state index is 0.245. The lowest BCUT2D eigenvalue weighted by Gasteiger charge is -2.17. The Morgan fingerprint density at radius 3 is 2.80 bits per heavy atom. The van der Waals surface area contributed by atoms with E-state index in [1.807, 2.05) is 6.92 Å². The molecular weight excluding hydrogens is 258 g/mol. The fourth-order valence-electron chi connectivity index (χ4n) is 2.10. The van der Waals surface area contributed by atoms with Crippen molar-refractivity contribution in [3.05, 3.63) is 0 Å². The Labute approximate surface area is 119 Å². The zero-order valence-corrected chi connectivity index (χ0v) is 12.4. The van der Waals surface area contributed by atoms with E-state index in [2.05, 4.69) is 32.1 Å². The van der Waals surface area contributed by atoms with Gasteiger partial charge < -0.3 is 19.7 Å². The molecule has 7 heteroatoms. The van der Waals surface area contributed by atoms with Crippen LogP contribution in [0.2, 0.25) is 0 Å². The van der Waals surface area contributed by atoms with Gasteiger partial charge in [-0.2, -0.15) is 15.0 Å². The summed E-state index contributed by atoms with van der Waals surface area (Å²) in [5.41, 5.74) is 0.